The molecule has 1 saturated heterocycles. The Labute approximate surface area is 200 Å². The molecular formula is C20H39N3O8PS+. The number of carbonyl (C=O) groups is 3. The number of carbonyl (C=O) groups excluding carboxylic acids is 3. The van der Waals surface area contributed by atoms with Gasteiger partial charge in [-0.2, -0.15) is 0 Å². The minimum absolute atomic E-state index is 0.0410. The smallest absolute Gasteiger partial charge is 0.389 e. The van der Waals surface area contributed by atoms with Crippen molar-refractivity contribution in [3.05, 3.63) is 0 Å². The van der Waals surface area contributed by atoms with E-state index in [2.05, 4.69) is 10.6 Å². The molecule has 0 aromatic rings. The second-order valence-electron chi connectivity index (χ2n) is 9.70. The molecule has 0 spiro atoms. The van der Waals surface area contributed by atoms with E-state index < -0.39 is 36.3 Å². The number of hydrogen-bond acceptors (Lipinski definition) is 9. The first kappa shape index (κ1) is 29.9. The van der Waals surface area contributed by atoms with Gasteiger partial charge in [0.2, 0.25) is 5.91 Å². The summed E-state index contributed by atoms with van der Waals surface area (Å²) >= 11 is 0.976. The number of nitrogens with zero attached hydrogens (tertiary/aromatic N) is 1. The Balaban J connectivity index is 3.07. The summed E-state index contributed by atoms with van der Waals surface area (Å²) < 4.78 is 30.8. The fourth-order valence-electron chi connectivity index (χ4n) is 2.68. The predicted octanol–water partition coefficient (Wildman–Crippen LogP) is 0.912. The van der Waals surface area contributed by atoms with E-state index >= 15 is 0 Å². The van der Waals surface area contributed by atoms with E-state index in [1.54, 1.807) is 13.8 Å². The number of ether oxygens (including phenoxy) is 1. The minimum atomic E-state index is -3.64. The van der Waals surface area contributed by atoms with E-state index in [0.717, 1.165) is 11.4 Å². The van der Waals surface area contributed by atoms with Gasteiger partial charge in [0.1, 0.15) is 13.2 Å². The standard InChI is InChI=1S/C20H38N3O8PS/c1-15(24)13-17(26)31-18-19(27)22-8-7-16(25)21-9-12-33-32(28,30-14-20(18,2)3)29-11-10-23(4,5)6/h15,18,24H,7-14H2,1-6H3,(H-,21,22,25,27)/p+1/t15-,18+,32?/m1/s1. The van der Waals surface area contributed by atoms with Crippen LogP contribution in [-0.4, -0.2) is 99.3 Å². The van der Waals surface area contributed by atoms with Crippen molar-refractivity contribution in [1.82, 2.24) is 10.6 Å². The average Bonchev–Trinajstić information content (AvgIpc) is 2.66. The summed E-state index contributed by atoms with van der Waals surface area (Å²) in [5, 5.41) is 14.8. The number of hydrogen-bond donors (Lipinski definition) is 3. The van der Waals surface area contributed by atoms with Crippen molar-refractivity contribution in [2.45, 2.75) is 45.8 Å². The number of quaternary nitrogens is 1. The molecule has 1 aliphatic rings. The highest BCUT2D eigenvalue weighted by molar-refractivity contribution is 8.55. The van der Waals surface area contributed by atoms with E-state index in [9.17, 15) is 24.1 Å². The molecule has 1 aliphatic heterocycles. The van der Waals surface area contributed by atoms with Crippen molar-refractivity contribution in [1.29, 1.82) is 0 Å². The normalized spacial score (nSPS) is 26.5. The first-order valence-corrected chi connectivity index (χ1v) is 14.0. The van der Waals surface area contributed by atoms with Gasteiger partial charge in [-0.25, -0.2) is 4.57 Å². The van der Waals surface area contributed by atoms with Gasteiger partial charge in [0, 0.05) is 30.7 Å². The number of likely N-dealkylation sites (N-methyl/N-ethyl adjacent to an activating group) is 1. The van der Waals surface area contributed by atoms with Crippen LogP contribution in [0.3, 0.4) is 0 Å². The molecular weight excluding hydrogens is 473 g/mol. The minimum Gasteiger partial charge on any atom is -0.451 e. The fraction of sp³-hybridized carbons (Fsp3) is 0.850. The van der Waals surface area contributed by atoms with Crippen LogP contribution < -0.4 is 10.6 Å². The molecule has 33 heavy (non-hydrogen) atoms. The largest absolute Gasteiger partial charge is 0.451 e. The van der Waals surface area contributed by atoms with Crippen LogP contribution >= 0.6 is 18.2 Å². The van der Waals surface area contributed by atoms with E-state index in [1.165, 1.54) is 6.92 Å². The lowest BCUT2D eigenvalue weighted by Crippen LogP contribution is -2.49. The Morgan fingerprint density at radius 2 is 1.97 bits per heavy atom. The van der Waals surface area contributed by atoms with Gasteiger partial charge in [0.25, 0.3) is 5.91 Å². The van der Waals surface area contributed by atoms with Crippen molar-refractivity contribution < 1.29 is 42.3 Å². The predicted molar refractivity (Wildman–Crippen MR) is 125 cm³/mol. The highest BCUT2D eigenvalue weighted by Gasteiger charge is 2.41. The number of aliphatic hydroxyl groups excluding tert-OH is 1. The molecule has 1 heterocycles. The lowest BCUT2D eigenvalue weighted by molar-refractivity contribution is -0.870. The third-order valence-electron chi connectivity index (χ3n) is 4.59. The Morgan fingerprint density at radius 1 is 1.30 bits per heavy atom. The highest BCUT2D eigenvalue weighted by Crippen LogP contribution is 2.61. The molecule has 1 unspecified atom stereocenters. The molecule has 11 nitrogen and oxygen atoms in total. The second kappa shape index (κ2) is 13.1. The van der Waals surface area contributed by atoms with Crippen molar-refractivity contribution >= 4 is 36.0 Å². The van der Waals surface area contributed by atoms with Gasteiger partial charge in [0.15, 0.2) is 6.10 Å². The maximum Gasteiger partial charge on any atom is 0.389 e. The van der Waals surface area contributed by atoms with Crippen molar-refractivity contribution in [3.63, 3.8) is 0 Å². The van der Waals surface area contributed by atoms with Crippen LogP contribution in [0.5, 0.6) is 0 Å². The number of esters is 1. The van der Waals surface area contributed by atoms with Crippen molar-refractivity contribution in [2.75, 3.05) is 59.7 Å². The molecule has 0 aliphatic carbocycles. The molecule has 0 radical (unpaired) electrons. The molecule has 1 fully saturated rings. The maximum absolute atomic E-state index is 13.4. The van der Waals surface area contributed by atoms with Gasteiger partial charge in [-0.15, -0.1) is 0 Å². The van der Waals surface area contributed by atoms with Crippen LogP contribution in [0.1, 0.15) is 33.6 Å². The highest BCUT2D eigenvalue weighted by atomic mass is 32.7. The molecule has 3 N–H and O–H groups in total. The first-order chi connectivity index (χ1) is 15.1. The SMILES string of the molecule is C[C@@H](O)CC(=O)O[C@H]1C(=O)NCCC(=O)NCCSP(=O)(OCC[N+](C)(C)C)OCC1(C)C. The summed E-state index contributed by atoms with van der Waals surface area (Å²) in [5.41, 5.74) is -1.08. The molecule has 2 amide bonds. The van der Waals surface area contributed by atoms with Crippen LogP contribution in [0, 0.1) is 5.41 Å². The van der Waals surface area contributed by atoms with Crippen LogP contribution in [0.25, 0.3) is 0 Å². The molecule has 0 aromatic heterocycles. The zero-order valence-corrected chi connectivity index (χ0v) is 22.1. The summed E-state index contributed by atoms with van der Waals surface area (Å²) in [5.74, 6) is -1.33. The molecule has 192 valence electrons. The molecule has 13 heteroatoms. The Kier molecular flexibility index (Phi) is 11.8. The first-order valence-electron chi connectivity index (χ1n) is 10.9. The quantitative estimate of drug-likeness (QED) is 0.258. The van der Waals surface area contributed by atoms with Crippen molar-refractivity contribution in [3.8, 4) is 0 Å². The zero-order valence-electron chi connectivity index (χ0n) is 20.4. The summed E-state index contributed by atoms with van der Waals surface area (Å²) in [6, 6.07) is 0. The molecule has 0 bridgehead atoms. The van der Waals surface area contributed by atoms with Crippen LogP contribution in [0.4, 0.5) is 0 Å². The van der Waals surface area contributed by atoms with Crippen LogP contribution in [0.15, 0.2) is 0 Å². The summed E-state index contributed by atoms with van der Waals surface area (Å²) in [7, 11) is 5.93. The van der Waals surface area contributed by atoms with Gasteiger partial charge in [0.05, 0.1) is 40.3 Å². The van der Waals surface area contributed by atoms with E-state index in [1.807, 2.05) is 21.1 Å². The molecule has 0 saturated carbocycles. The summed E-state index contributed by atoms with van der Waals surface area (Å²) in [6.45, 7) is 2.02. The number of rotatable bonds is 7. The molecule has 0 aromatic carbocycles. The lowest BCUT2D eigenvalue weighted by atomic mass is 9.86. The Hall–Kier alpha value is -1.17. The van der Waals surface area contributed by atoms with Gasteiger partial charge in [-0.1, -0.05) is 13.8 Å². The topological polar surface area (TPSA) is 140 Å². The zero-order chi connectivity index (χ0) is 25.3. The van der Waals surface area contributed by atoms with Crippen molar-refractivity contribution in [2.24, 2.45) is 5.41 Å². The molecule has 3 atom stereocenters. The summed E-state index contributed by atoms with van der Waals surface area (Å²) in [4.78, 5) is 37.0. The third kappa shape index (κ3) is 12.2. The maximum atomic E-state index is 13.4. The Morgan fingerprint density at radius 3 is 2.58 bits per heavy atom. The lowest BCUT2D eigenvalue weighted by Gasteiger charge is -2.34. The van der Waals surface area contributed by atoms with E-state index in [0.29, 0.717) is 16.8 Å². The summed E-state index contributed by atoms with van der Waals surface area (Å²) in [6.07, 6.45) is -2.47. The molecule has 1 rings (SSSR count). The average molecular weight is 513 g/mol. The van der Waals surface area contributed by atoms with Gasteiger partial charge in [-0.05, 0) is 18.3 Å². The second-order valence-corrected chi connectivity index (χ2v) is 13.9. The van der Waals surface area contributed by atoms with Gasteiger partial charge in [-0.3, -0.25) is 18.9 Å². The van der Waals surface area contributed by atoms with Gasteiger partial charge >= 0.3 is 12.8 Å². The third-order valence-corrected chi connectivity index (χ3v) is 8.37. The Bertz CT molecular complexity index is 727. The van der Waals surface area contributed by atoms with Gasteiger partial charge < -0.3 is 29.5 Å². The number of aliphatic hydroxyl groups is 1. The number of amides is 2. The fourth-order valence-corrected chi connectivity index (χ4v) is 5.89. The number of nitrogens with one attached hydrogen (secondary N) is 2. The van der Waals surface area contributed by atoms with Crippen LogP contribution in [-0.2, 0) is 32.7 Å². The van der Waals surface area contributed by atoms with E-state index in [4.69, 9.17) is 13.8 Å². The monoisotopic (exact) mass is 512 g/mol. The van der Waals surface area contributed by atoms with Crippen LogP contribution in [0.2, 0.25) is 0 Å². The van der Waals surface area contributed by atoms with E-state index in [-0.39, 0.29) is 45.1 Å².